The van der Waals surface area contributed by atoms with E-state index < -0.39 is 0 Å². The number of hydrogen-bond donors (Lipinski definition) is 0. The molecule has 4 heterocycles. The molecular weight excluding hydrogens is 400 g/mol. The Morgan fingerprint density at radius 2 is 1.72 bits per heavy atom. The topological polar surface area (TPSA) is 58.6 Å². The van der Waals surface area contributed by atoms with Crippen molar-refractivity contribution in [3.63, 3.8) is 0 Å². The van der Waals surface area contributed by atoms with E-state index in [1.807, 2.05) is 53.6 Å². The number of amides is 1. The predicted octanol–water partition coefficient (Wildman–Crippen LogP) is 3.90. The molecule has 0 N–H and O–H groups in total. The van der Waals surface area contributed by atoms with E-state index in [0.717, 1.165) is 54.9 Å². The number of hydrogen-bond acceptors (Lipinski definition) is 5. The maximum absolute atomic E-state index is 13.4. The maximum Gasteiger partial charge on any atom is 0.253 e. The van der Waals surface area contributed by atoms with Gasteiger partial charge >= 0.3 is 0 Å². The quantitative estimate of drug-likeness (QED) is 0.633. The molecule has 2 fully saturated rings. The highest BCUT2D eigenvalue weighted by molar-refractivity contribution is 5.94. The van der Waals surface area contributed by atoms with Crippen LogP contribution < -0.4 is 4.90 Å². The van der Waals surface area contributed by atoms with E-state index >= 15 is 0 Å². The summed E-state index contributed by atoms with van der Waals surface area (Å²) in [7, 11) is 0. The normalized spacial score (nSPS) is 21.4. The van der Waals surface area contributed by atoms with Gasteiger partial charge in [-0.25, -0.2) is 0 Å². The molecule has 1 spiro atoms. The van der Waals surface area contributed by atoms with Gasteiger partial charge in [0.25, 0.3) is 5.91 Å². The minimum atomic E-state index is -0.0583. The molecule has 2 aromatic heterocycles. The van der Waals surface area contributed by atoms with E-state index in [-0.39, 0.29) is 11.3 Å². The van der Waals surface area contributed by atoms with Crippen LogP contribution in [0.3, 0.4) is 0 Å². The molecule has 2 aliphatic rings. The number of pyridine rings is 2. The molecule has 0 radical (unpaired) electrons. The summed E-state index contributed by atoms with van der Waals surface area (Å²) in [6.45, 7) is 4.62. The highest BCUT2D eigenvalue weighted by Crippen LogP contribution is 2.35. The molecule has 32 heavy (non-hydrogen) atoms. The number of anilines is 1. The fraction of sp³-hybridized carbons (Fsp3) is 0.346. The first-order valence-corrected chi connectivity index (χ1v) is 11.3. The SMILES string of the molecule is O=C(c1ccc(-c2ccncc2)cc1)N1CCC[C@]2(COCCN(c3cccnc3)C2)C1. The Morgan fingerprint density at radius 1 is 0.906 bits per heavy atom. The number of rotatable bonds is 3. The highest BCUT2D eigenvalue weighted by Gasteiger charge is 2.40. The van der Waals surface area contributed by atoms with Crippen LogP contribution in [0.2, 0.25) is 0 Å². The first-order valence-electron chi connectivity index (χ1n) is 11.3. The van der Waals surface area contributed by atoms with Gasteiger partial charge in [0.05, 0.1) is 25.1 Å². The Hall–Kier alpha value is -3.25. The highest BCUT2D eigenvalue weighted by atomic mass is 16.5. The van der Waals surface area contributed by atoms with E-state index in [9.17, 15) is 4.79 Å². The Kier molecular flexibility index (Phi) is 5.86. The fourth-order valence-corrected chi connectivity index (χ4v) is 4.91. The summed E-state index contributed by atoms with van der Waals surface area (Å²) in [5.41, 5.74) is 3.98. The average molecular weight is 429 g/mol. The van der Waals surface area contributed by atoms with Gasteiger partial charge in [0.15, 0.2) is 0 Å². The molecule has 2 saturated heterocycles. The standard InChI is InChI=1S/C26H28N4O2/c31-25(23-6-4-21(5-7-23)22-8-12-27-13-9-22)30-14-2-10-26(19-30)18-29(15-16-32-20-26)24-3-1-11-28-17-24/h1,3-9,11-13,17H,2,10,14-16,18-20H2/t26-/m1/s1. The van der Waals surface area contributed by atoms with Gasteiger partial charge in [-0.2, -0.15) is 0 Å². The van der Waals surface area contributed by atoms with Crippen molar-refractivity contribution < 1.29 is 9.53 Å². The molecule has 0 aliphatic carbocycles. The smallest absolute Gasteiger partial charge is 0.253 e. The first kappa shape index (κ1) is 20.6. The van der Waals surface area contributed by atoms with Crippen molar-refractivity contribution in [2.45, 2.75) is 12.8 Å². The first-order chi connectivity index (χ1) is 15.7. The molecular formula is C26H28N4O2. The molecule has 0 unspecified atom stereocenters. The van der Waals surface area contributed by atoms with Gasteiger partial charge in [-0.3, -0.25) is 14.8 Å². The maximum atomic E-state index is 13.4. The van der Waals surface area contributed by atoms with Gasteiger partial charge in [-0.1, -0.05) is 12.1 Å². The molecule has 0 bridgehead atoms. The van der Waals surface area contributed by atoms with E-state index in [4.69, 9.17) is 4.74 Å². The molecule has 6 heteroatoms. The average Bonchev–Trinajstić information content (AvgIpc) is 3.07. The molecule has 1 amide bonds. The lowest BCUT2D eigenvalue weighted by molar-refractivity contribution is 0.0135. The van der Waals surface area contributed by atoms with Crippen molar-refractivity contribution in [3.05, 3.63) is 78.9 Å². The number of carbonyl (C=O) groups excluding carboxylic acids is 1. The minimum Gasteiger partial charge on any atom is -0.379 e. The number of benzene rings is 1. The molecule has 3 aromatic rings. The molecule has 1 aromatic carbocycles. The number of piperidine rings is 1. The molecule has 5 rings (SSSR count). The van der Waals surface area contributed by atoms with Crippen LogP contribution >= 0.6 is 0 Å². The summed E-state index contributed by atoms with van der Waals surface area (Å²) >= 11 is 0. The third kappa shape index (κ3) is 4.36. The summed E-state index contributed by atoms with van der Waals surface area (Å²) < 4.78 is 6.03. The van der Waals surface area contributed by atoms with Crippen LogP contribution in [0.4, 0.5) is 5.69 Å². The summed E-state index contributed by atoms with van der Waals surface area (Å²) in [4.78, 5) is 26.1. The van der Waals surface area contributed by atoms with Crippen molar-refractivity contribution in [1.82, 2.24) is 14.9 Å². The van der Waals surface area contributed by atoms with Crippen LogP contribution in [0.5, 0.6) is 0 Å². The van der Waals surface area contributed by atoms with Gasteiger partial charge in [-0.05, 0) is 60.4 Å². The number of aromatic nitrogens is 2. The van der Waals surface area contributed by atoms with Crippen LogP contribution in [0.25, 0.3) is 11.1 Å². The van der Waals surface area contributed by atoms with Gasteiger partial charge < -0.3 is 14.5 Å². The zero-order chi connectivity index (χ0) is 21.8. The Balaban J connectivity index is 1.32. The number of likely N-dealkylation sites (tertiary alicyclic amines) is 1. The van der Waals surface area contributed by atoms with Crippen molar-refractivity contribution in [1.29, 1.82) is 0 Å². The van der Waals surface area contributed by atoms with Gasteiger partial charge in [0.2, 0.25) is 0 Å². The van der Waals surface area contributed by atoms with E-state index in [1.54, 1.807) is 18.6 Å². The van der Waals surface area contributed by atoms with Crippen LogP contribution in [-0.2, 0) is 4.74 Å². The monoisotopic (exact) mass is 428 g/mol. The minimum absolute atomic E-state index is 0.0583. The summed E-state index contributed by atoms with van der Waals surface area (Å²) in [5.74, 6) is 0.0996. The number of ether oxygens (including phenoxy) is 1. The zero-order valence-electron chi connectivity index (χ0n) is 18.2. The van der Waals surface area contributed by atoms with E-state index in [2.05, 4.69) is 20.9 Å². The Morgan fingerprint density at radius 3 is 2.50 bits per heavy atom. The van der Waals surface area contributed by atoms with Crippen molar-refractivity contribution in [2.75, 3.05) is 44.3 Å². The van der Waals surface area contributed by atoms with Gasteiger partial charge in [0.1, 0.15) is 0 Å². The van der Waals surface area contributed by atoms with E-state index in [0.29, 0.717) is 19.8 Å². The van der Waals surface area contributed by atoms with E-state index in [1.165, 1.54) is 0 Å². The Labute approximate surface area is 188 Å². The third-order valence-electron chi connectivity index (χ3n) is 6.55. The lowest BCUT2D eigenvalue weighted by Gasteiger charge is -2.44. The predicted molar refractivity (Wildman–Crippen MR) is 125 cm³/mol. The van der Waals surface area contributed by atoms with Gasteiger partial charge in [0, 0.05) is 55.7 Å². The van der Waals surface area contributed by atoms with Crippen LogP contribution in [-0.4, -0.2) is 60.2 Å². The molecule has 6 nitrogen and oxygen atoms in total. The number of carbonyl (C=O) groups is 1. The van der Waals surface area contributed by atoms with Crippen molar-refractivity contribution in [2.24, 2.45) is 5.41 Å². The van der Waals surface area contributed by atoms with Crippen LogP contribution in [0.15, 0.2) is 73.3 Å². The second kappa shape index (κ2) is 9.09. The summed E-state index contributed by atoms with van der Waals surface area (Å²) in [5, 5.41) is 0. The number of nitrogens with zero attached hydrogens (tertiary/aromatic N) is 4. The van der Waals surface area contributed by atoms with Crippen LogP contribution in [0.1, 0.15) is 23.2 Å². The summed E-state index contributed by atoms with van der Waals surface area (Å²) in [6, 6.07) is 15.9. The largest absolute Gasteiger partial charge is 0.379 e. The van der Waals surface area contributed by atoms with Crippen molar-refractivity contribution >= 4 is 11.6 Å². The molecule has 2 aliphatic heterocycles. The van der Waals surface area contributed by atoms with Gasteiger partial charge in [-0.15, -0.1) is 0 Å². The Bertz CT molecular complexity index is 1040. The lowest BCUT2D eigenvalue weighted by atomic mass is 9.79. The summed E-state index contributed by atoms with van der Waals surface area (Å²) in [6.07, 6.45) is 9.33. The molecule has 0 saturated carbocycles. The second-order valence-electron chi connectivity index (χ2n) is 8.83. The second-order valence-corrected chi connectivity index (χ2v) is 8.83. The molecule has 164 valence electrons. The fourth-order valence-electron chi connectivity index (χ4n) is 4.91. The zero-order valence-corrected chi connectivity index (χ0v) is 18.2. The lowest BCUT2D eigenvalue weighted by Crippen LogP contribution is -2.52. The van der Waals surface area contributed by atoms with Crippen LogP contribution in [0, 0.1) is 5.41 Å². The molecule has 1 atom stereocenters. The third-order valence-corrected chi connectivity index (χ3v) is 6.55. The van der Waals surface area contributed by atoms with Crippen molar-refractivity contribution in [3.8, 4) is 11.1 Å².